The molecule has 0 aliphatic rings. The number of rotatable bonds is 0. The molecule has 0 saturated heterocycles. The molecule has 0 radical (unpaired) electrons. The number of hydrogen-bond acceptors (Lipinski definition) is 2. The van der Waals surface area contributed by atoms with Gasteiger partial charge in [-0.3, -0.25) is 0 Å². The van der Waals surface area contributed by atoms with Crippen LogP contribution in [-0.2, 0) is 20.5 Å². The Labute approximate surface area is 153 Å². The van der Waals surface area contributed by atoms with Gasteiger partial charge in [-0.15, -0.1) is 0 Å². The zero-order valence-electron chi connectivity index (χ0n) is 2.41. The van der Waals surface area contributed by atoms with Gasteiger partial charge in [0.15, 0.2) is 0 Å². The maximum absolute atomic E-state index is 9.14. The fourth-order valence-corrected chi connectivity index (χ4v) is 0. The molecule has 0 aromatic heterocycles. The number of hydrogen-bond donors (Lipinski definition) is 0. The summed E-state index contributed by atoms with van der Waals surface area (Å²) in [6.07, 6.45) is 0. The van der Waals surface area contributed by atoms with Crippen molar-refractivity contribution in [2.24, 2.45) is 0 Å². The van der Waals surface area contributed by atoms with Crippen molar-refractivity contribution in [3.8, 4) is 0 Å². The molecule has 0 aliphatic heterocycles. The molecule has 0 atom stereocenters. The minimum absolute atomic E-state index is 0. The Morgan fingerprint density at radius 2 is 1.43 bits per heavy atom. The Kier molecular flexibility index (Phi) is 98.0. The van der Waals surface area contributed by atoms with Crippen molar-refractivity contribution in [3.63, 3.8) is 0 Å². The quantitative estimate of drug-likeness (QED) is 0.318. The van der Waals surface area contributed by atoms with E-state index in [2.05, 4.69) is 15.7 Å². The van der Waals surface area contributed by atoms with E-state index in [9.17, 15) is 0 Å². The Morgan fingerprint density at radius 3 is 1.43 bits per heavy atom. The Morgan fingerprint density at radius 1 is 1.43 bits per heavy atom. The average molecular weight is 628 g/mol. The molecule has 7 heteroatoms. The second-order valence-corrected chi connectivity index (χ2v) is 3.90. The zero-order chi connectivity index (χ0) is 4.71. The SMILES string of the molecule is [O]=[Ce][Gd].[O]=[Co].[Sm].[SrH2]. The van der Waals surface area contributed by atoms with Crippen LogP contribution in [0.5, 0.6) is 0 Å². The second kappa shape index (κ2) is 29.9. The van der Waals surface area contributed by atoms with E-state index in [1.54, 1.807) is 26.3 Å². The topological polar surface area (TPSA) is 34.1 Å². The third-order valence-corrected chi connectivity index (χ3v) is 0. The van der Waals surface area contributed by atoms with Crippen LogP contribution >= 0.6 is 0 Å². The van der Waals surface area contributed by atoms with Crippen LogP contribution in [-0.4, -0.2) is 45.5 Å². The molecule has 43 valence electrons. The molecule has 0 unspecified atom stereocenters. The summed E-state index contributed by atoms with van der Waals surface area (Å²) in [6.45, 7) is 0. The summed E-state index contributed by atoms with van der Waals surface area (Å²) >= 11 is 2.79. The Bertz CT molecular complexity index is 31.7. The van der Waals surface area contributed by atoms with E-state index in [1.807, 2.05) is 0 Å². The van der Waals surface area contributed by atoms with Gasteiger partial charge in [0, 0.05) is 40.4 Å². The zero-order valence-corrected chi connectivity index (χ0v) is 11.5. The summed E-state index contributed by atoms with van der Waals surface area (Å²) in [5.74, 6) is 0. The molecule has 0 aliphatic carbocycles. The third kappa shape index (κ3) is 34.0. The van der Waals surface area contributed by atoms with Crippen LogP contribution < -0.4 is 0 Å². The minimum atomic E-state index is -1.14. The van der Waals surface area contributed by atoms with Crippen molar-refractivity contribution in [1.29, 1.82) is 0 Å². The molecule has 0 amide bonds. The van der Waals surface area contributed by atoms with Crippen molar-refractivity contribution in [2.45, 2.75) is 0 Å². The van der Waals surface area contributed by atoms with Crippen LogP contribution in [0.1, 0.15) is 0 Å². The molecule has 0 fully saturated rings. The van der Waals surface area contributed by atoms with Crippen LogP contribution in [0.4, 0.5) is 0 Å². The summed E-state index contributed by atoms with van der Waals surface area (Å²) in [5.41, 5.74) is 0. The fourth-order valence-electron chi connectivity index (χ4n) is 0. The van der Waals surface area contributed by atoms with Crippen molar-refractivity contribution >= 4 is 45.5 Å². The van der Waals surface area contributed by atoms with Crippen LogP contribution in [0.15, 0.2) is 0 Å². The van der Waals surface area contributed by atoms with E-state index in [1.165, 1.54) is 0 Å². The molecular weight excluding hydrogens is 626 g/mol. The van der Waals surface area contributed by atoms with Crippen molar-refractivity contribution in [1.82, 2.24) is 0 Å². The normalized spacial score (nSPS) is 2.00. The first kappa shape index (κ1) is 22.9. The molecule has 0 aromatic rings. The van der Waals surface area contributed by atoms with Gasteiger partial charge in [0.25, 0.3) is 0 Å². The van der Waals surface area contributed by atoms with E-state index in [0.717, 1.165) is 0 Å². The molecule has 0 aromatic carbocycles. The summed E-state index contributed by atoms with van der Waals surface area (Å²) in [6, 6.07) is 0. The summed E-state index contributed by atoms with van der Waals surface area (Å²) in [5, 5.41) is 0. The molecule has 0 saturated carbocycles. The summed E-state index contributed by atoms with van der Waals surface area (Å²) in [4.78, 5) is 0. The van der Waals surface area contributed by atoms with Crippen LogP contribution in [0.25, 0.3) is 0 Å². The average Bonchev–Trinajstić information content (AvgIpc) is 1.46. The molecule has 0 spiro atoms. The van der Waals surface area contributed by atoms with Crippen molar-refractivity contribution in [3.05, 3.63) is 0 Å². The van der Waals surface area contributed by atoms with Crippen molar-refractivity contribution < 1.29 is 114 Å². The van der Waals surface area contributed by atoms with Crippen LogP contribution in [0, 0.1) is 93.1 Å². The molecule has 0 N–H and O–H groups in total. The molecule has 0 heterocycles. The van der Waals surface area contributed by atoms with Gasteiger partial charge in [-0.05, 0) is 0 Å². The van der Waals surface area contributed by atoms with Gasteiger partial charge in [-0.1, -0.05) is 0 Å². The van der Waals surface area contributed by atoms with Gasteiger partial charge in [0.05, 0.1) is 0 Å². The summed E-state index contributed by atoms with van der Waals surface area (Å²) in [7, 11) is 0. The van der Waals surface area contributed by atoms with E-state index in [0.29, 0.717) is 0 Å². The standard InChI is InChI=1S/Ce.Co.Gd.2O.Sm.Sr.2H. The van der Waals surface area contributed by atoms with Gasteiger partial charge >= 0.3 is 119 Å². The van der Waals surface area contributed by atoms with Gasteiger partial charge < -0.3 is 0 Å². The Hall–Kier alpha value is 5.63. The maximum atomic E-state index is 9.14. The predicted molar refractivity (Wildman–Crippen MR) is 9.92 cm³/mol. The van der Waals surface area contributed by atoms with E-state index in [4.69, 9.17) is 4.80 Å². The molecule has 0 bridgehead atoms. The monoisotopic (exact) mass is 631 g/mol. The molecule has 2 nitrogen and oxygen atoms in total. The third-order valence-electron chi connectivity index (χ3n) is 0. The first-order valence-electron chi connectivity index (χ1n) is 0.517. The first-order valence-corrected chi connectivity index (χ1v) is 11.6. The molecule has 7 heavy (non-hydrogen) atoms. The van der Waals surface area contributed by atoms with Gasteiger partial charge in [0.1, 0.15) is 0 Å². The van der Waals surface area contributed by atoms with E-state index < -0.39 is 26.4 Å². The van der Waals surface area contributed by atoms with Crippen LogP contribution in [0.3, 0.4) is 0 Å². The van der Waals surface area contributed by atoms with Crippen molar-refractivity contribution in [2.75, 3.05) is 0 Å². The van der Waals surface area contributed by atoms with Crippen LogP contribution in [0.2, 0.25) is 0 Å². The van der Waals surface area contributed by atoms with Gasteiger partial charge in [-0.25, -0.2) is 0 Å². The van der Waals surface area contributed by atoms with E-state index >= 15 is 0 Å². The molecular formula is H2CeCoGdO2SmSr. The van der Waals surface area contributed by atoms with E-state index in [-0.39, 0.29) is 85.9 Å². The van der Waals surface area contributed by atoms with Gasteiger partial charge in [0.2, 0.25) is 0 Å². The summed E-state index contributed by atoms with van der Waals surface area (Å²) < 4.78 is 17.1. The van der Waals surface area contributed by atoms with Gasteiger partial charge in [-0.2, -0.15) is 0 Å². The fraction of sp³-hybridized carbons (Fsp3) is 0. The second-order valence-electron chi connectivity index (χ2n) is 0.0722. The first-order chi connectivity index (χ1) is 2.41. The Balaban J connectivity index is -0.0000000105. The molecule has 0 rings (SSSR count). The predicted octanol–water partition coefficient (Wildman–Crippen LogP) is -1.16.